The Labute approximate surface area is 133 Å². The van der Waals surface area contributed by atoms with Crippen molar-refractivity contribution in [3.63, 3.8) is 0 Å². The molecule has 2 aromatic rings. The second-order valence-electron chi connectivity index (χ2n) is 5.65. The number of carbonyl (C=O) groups excluding carboxylic acids is 2. The molecule has 1 fully saturated rings. The summed E-state index contributed by atoms with van der Waals surface area (Å²) in [6.45, 7) is 0.342. The quantitative estimate of drug-likeness (QED) is 0.841. The molecule has 2 N–H and O–H groups in total. The third-order valence-corrected chi connectivity index (χ3v) is 3.92. The molecule has 2 heterocycles. The smallest absolute Gasteiger partial charge is 0.229 e. The van der Waals surface area contributed by atoms with Crippen LogP contribution in [-0.2, 0) is 16.6 Å². The van der Waals surface area contributed by atoms with Crippen LogP contribution in [0.4, 0.5) is 11.4 Å². The molecule has 1 saturated heterocycles. The van der Waals surface area contributed by atoms with Crippen LogP contribution in [0.25, 0.3) is 0 Å². The molecule has 1 aliphatic rings. The van der Waals surface area contributed by atoms with Crippen molar-refractivity contribution in [3.05, 3.63) is 36.7 Å². The molecule has 120 valence electrons. The van der Waals surface area contributed by atoms with Gasteiger partial charge in [0.25, 0.3) is 0 Å². The molecule has 23 heavy (non-hydrogen) atoms. The number of hydrogen-bond acceptors (Lipinski definition) is 4. The van der Waals surface area contributed by atoms with Gasteiger partial charge in [0.05, 0.1) is 17.8 Å². The van der Waals surface area contributed by atoms with Gasteiger partial charge >= 0.3 is 0 Å². The van der Waals surface area contributed by atoms with Crippen LogP contribution in [0.15, 0.2) is 36.7 Å². The van der Waals surface area contributed by atoms with E-state index < -0.39 is 0 Å². The van der Waals surface area contributed by atoms with Gasteiger partial charge < -0.3 is 15.3 Å². The minimum atomic E-state index is -0.276. The SMILES string of the molecule is Cn1cc(N2CC(C(=O)Nc3ccc(O)cc3)CCC2=O)cn1. The number of carbonyl (C=O) groups is 2. The normalized spacial score (nSPS) is 18.0. The first-order valence-corrected chi connectivity index (χ1v) is 7.42. The Morgan fingerprint density at radius 2 is 2.09 bits per heavy atom. The molecule has 0 saturated carbocycles. The lowest BCUT2D eigenvalue weighted by atomic mass is 9.96. The number of benzene rings is 1. The maximum atomic E-state index is 12.4. The van der Waals surface area contributed by atoms with E-state index >= 15 is 0 Å². The molecular weight excluding hydrogens is 296 g/mol. The fraction of sp³-hybridized carbons (Fsp3) is 0.312. The number of hydrogen-bond donors (Lipinski definition) is 2. The third kappa shape index (κ3) is 3.33. The number of piperidine rings is 1. The van der Waals surface area contributed by atoms with Gasteiger partial charge in [-0.3, -0.25) is 14.3 Å². The van der Waals surface area contributed by atoms with Crippen molar-refractivity contribution in [1.29, 1.82) is 0 Å². The molecule has 1 atom stereocenters. The number of aromatic nitrogens is 2. The number of phenolic OH excluding ortho intramolecular Hbond substituents is 1. The summed E-state index contributed by atoms with van der Waals surface area (Å²) in [5, 5.41) is 16.2. The predicted octanol–water partition coefficient (Wildman–Crippen LogP) is 1.51. The van der Waals surface area contributed by atoms with Gasteiger partial charge in [-0.2, -0.15) is 5.10 Å². The number of amides is 2. The summed E-state index contributed by atoms with van der Waals surface area (Å²) in [4.78, 5) is 26.1. The molecule has 1 aromatic carbocycles. The van der Waals surface area contributed by atoms with Crippen molar-refractivity contribution in [2.24, 2.45) is 13.0 Å². The molecule has 0 radical (unpaired) electrons. The van der Waals surface area contributed by atoms with Gasteiger partial charge in [0, 0.05) is 31.9 Å². The zero-order valence-electron chi connectivity index (χ0n) is 12.8. The van der Waals surface area contributed by atoms with E-state index in [4.69, 9.17) is 0 Å². The van der Waals surface area contributed by atoms with Crippen molar-refractivity contribution < 1.29 is 14.7 Å². The van der Waals surface area contributed by atoms with Crippen LogP contribution in [-0.4, -0.2) is 33.2 Å². The van der Waals surface area contributed by atoms with Gasteiger partial charge in [-0.05, 0) is 30.7 Å². The highest BCUT2D eigenvalue weighted by molar-refractivity contribution is 5.98. The Morgan fingerprint density at radius 1 is 1.35 bits per heavy atom. The number of rotatable bonds is 3. The monoisotopic (exact) mass is 314 g/mol. The number of nitrogens with zero attached hydrogens (tertiary/aromatic N) is 3. The molecule has 2 amide bonds. The van der Waals surface area contributed by atoms with Gasteiger partial charge in [-0.1, -0.05) is 0 Å². The van der Waals surface area contributed by atoms with Crippen LogP contribution in [0.3, 0.4) is 0 Å². The second-order valence-corrected chi connectivity index (χ2v) is 5.65. The highest BCUT2D eigenvalue weighted by Gasteiger charge is 2.31. The minimum absolute atomic E-state index is 0.00619. The van der Waals surface area contributed by atoms with Crippen LogP contribution in [0, 0.1) is 5.92 Å². The number of nitrogens with one attached hydrogen (secondary N) is 1. The molecule has 0 bridgehead atoms. The summed E-state index contributed by atoms with van der Waals surface area (Å²) in [6, 6.07) is 6.31. The maximum Gasteiger partial charge on any atom is 0.229 e. The van der Waals surface area contributed by atoms with E-state index in [-0.39, 0.29) is 23.5 Å². The fourth-order valence-corrected chi connectivity index (χ4v) is 2.65. The first-order chi connectivity index (χ1) is 11.0. The van der Waals surface area contributed by atoms with E-state index in [9.17, 15) is 14.7 Å². The van der Waals surface area contributed by atoms with Crippen molar-refractivity contribution in [3.8, 4) is 5.75 Å². The minimum Gasteiger partial charge on any atom is -0.508 e. The molecule has 1 aromatic heterocycles. The number of aromatic hydroxyl groups is 1. The Hall–Kier alpha value is -2.83. The zero-order valence-corrected chi connectivity index (χ0v) is 12.8. The Balaban J connectivity index is 1.69. The summed E-state index contributed by atoms with van der Waals surface area (Å²) in [5.74, 6) is -0.250. The molecule has 0 aliphatic carbocycles. The van der Waals surface area contributed by atoms with Gasteiger partial charge in [0.1, 0.15) is 5.75 Å². The van der Waals surface area contributed by atoms with Gasteiger partial charge in [0.15, 0.2) is 0 Å². The van der Waals surface area contributed by atoms with E-state index in [0.717, 1.165) is 0 Å². The van der Waals surface area contributed by atoms with Crippen molar-refractivity contribution in [1.82, 2.24) is 9.78 Å². The van der Waals surface area contributed by atoms with Crippen LogP contribution in [0.1, 0.15) is 12.8 Å². The molecule has 7 heteroatoms. The first-order valence-electron chi connectivity index (χ1n) is 7.42. The Kier molecular flexibility index (Phi) is 4.01. The standard InChI is InChI=1S/C16H18N4O3/c1-19-10-13(8-17-19)20-9-11(2-7-15(20)22)16(23)18-12-3-5-14(21)6-4-12/h3-6,8,10-11,21H,2,7,9H2,1H3,(H,18,23). The summed E-state index contributed by atoms with van der Waals surface area (Å²) >= 11 is 0. The number of aryl methyl sites for hydroxylation is 1. The summed E-state index contributed by atoms with van der Waals surface area (Å²) in [5.41, 5.74) is 1.33. The van der Waals surface area contributed by atoms with Gasteiger partial charge in [0.2, 0.25) is 11.8 Å². The van der Waals surface area contributed by atoms with E-state index in [0.29, 0.717) is 30.8 Å². The summed E-state index contributed by atoms with van der Waals surface area (Å²) in [6.07, 6.45) is 4.25. The van der Waals surface area contributed by atoms with Crippen LogP contribution >= 0.6 is 0 Å². The lowest BCUT2D eigenvalue weighted by molar-refractivity contribution is -0.124. The second kappa shape index (κ2) is 6.12. The van der Waals surface area contributed by atoms with E-state index in [1.807, 2.05) is 0 Å². The summed E-state index contributed by atoms with van der Waals surface area (Å²) in [7, 11) is 1.78. The number of anilines is 2. The molecule has 0 spiro atoms. The predicted molar refractivity (Wildman–Crippen MR) is 85.0 cm³/mol. The van der Waals surface area contributed by atoms with E-state index in [2.05, 4.69) is 10.4 Å². The van der Waals surface area contributed by atoms with Crippen molar-refractivity contribution in [2.45, 2.75) is 12.8 Å². The van der Waals surface area contributed by atoms with Gasteiger partial charge in [-0.25, -0.2) is 0 Å². The first kappa shape index (κ1) is 15.1. The van der Waals surface area contributed by atoms with E-state index in [1.54, 1.807) is 41.2 Å². The lowest BCUT2D eigenvalue weighted by Crippen LogP contribution is -2.44. The molecule has 7 nitrogen and oxygen atoms in total. The van der Waals surface area contributed by atoms with Crippen molar-refractivity contribution >= 4 is 23.2 Å². The lowest BCUT2D eigenvalue weighted by Gasteiger charge is -2.30. The largest absolute Gasteiger partial charge is 0.508 e. The average molecular weight is 314 g/mol. The average Bonchev–Trinajstić information content (AvgIpc) is 2.96. The Morgan fingerprint density at radius 3 is 2.74 bits per heavy atom. The van der Waals surface area contributed by atoms with Crippen LogP contribution in [0.2, 0.25) is 0 Å². The number of phenols is 1. The highest BCUT2D eigenvalue weighted by atomic mass is 16.3. The molecular formula is C16H18N4O3. The fourth-order valence-electron chi connectivity index (χ4n) is 2.65. The molecule has 3 rings (SSSR count). The van der Waals surface area contributed by atoms with Crippen molar-refractivity contribution in [2.75, 3.05) is 16.8 Å². The Bertz CT molecular complexity index is 723. The third-order valence-electron chi connectivity index (χ3n) is 3.92. The van der Waals surface area contributed by atoms with E-state index in [1.165, 1.54) is 12.1 Å². The highest BCUT2D eigenvalue weighted by Crippen LogP contribution is 2.25. The zero-order chi connectivity index (χ0) is 16.4. The topological polar surface area (TPSA) is 87.5 Å². The summed E-state index contributed by atoms with van der Waals surface area (Å²) < 4.78 is 1.63. The maximum absolute atomic E-state index is 12.4. The van der Waals surface area contributed by atoms with Crippen LogP contribution < -0.4 is 10.2 Å². The molecule has 1 unspecified atom stereocenters. The van der Waals surface area contributed by atoms with Crippen LogP contribution in [0.5, 0.6) is 5.75 Å². The molecule has 1 aliphatic heterocycles. The van der Waals surface area contributed by atoms with Gasteiger partial charge in [-0.15, -0.1) is 0 Å².